The first-order valence-electron chi connectivity index (χ1n) is 10.4. The van der Waals surface area contributed by atoms with E-state index in [-0.39, 0.29) is 17.6 Å². The van der Waals surface area contributed by atoms with Crippen LogP contribution < -0.4 is 4.90 Å². The molecule has 0 radical (unpaired) electrons. The summed E-state index contributed by atoms with van der Waals surface area (Å²) in [6, 6.07) is 27.7. The van der Waals surface area contributed by atoms with E-state index in [2.05, 4.69) is 12.1 Å². The topological polar surface area (TPSA) is 46.6 Å². The fourth-order valence-corrected chi connectivity index (χ4v) is 3.53. The van der Waals surface area contributed by atoms with Crippen molar-refractivity contribution in [2.24, 2.45) is 5.92 Å². The summed E-state index contributed by atoms with van der Waals surface area (Å²) in [6.07, 6.45) is 1.72. The van der Waals surface area contributed by atoms with Crippen molar-refractivity contribution in [1.29, 1.82) is 0 Å². The number of anilines is 1. The zero-order valence-electron chi connectivity index (χ0n) is 17.5. The number of amides is 1. The molecule has 3 aromatic carbocycles. The van der Waals surface area contributed by atoms with Crippen LogP contribution in [0.3, 0.4) is 0 Å². The first-order valence-corrected chi connectivity index (χ1v) is 10.4. The number of ether oxygens (including phenoxy) is 1. The molecule has 2 unspecified atom stereocenters. The van der Waals surface area contributed by atoms with Crippen LogP contribution in [0, 0.1) is 11.7 Å². The van der Waals surface area contributed by atoms with Crippen molar-refractivity contribution in [1.82, 2.24) is 0 Å². The molecule has 0 N–H and O–H groups in total. The van der Waals surface area contributed by atoms with E-state index < -0.39 is 12.2 Å². The van der Waals surface area contributed by atoms with Crippen LogP contribution in [0.1, 0.15) is 25.3 Å². The summed E-state index contributed by atoms with van der Waals surface area (Å²) in [6.45, 7) is 1.33. The van der Waals surface area contributed by atoms with Crippen molar-refractivity contribution < 1.29 is 18.7 Å². The van der Waals surface area contributed by atoms with Gasteiger partial charge in [0.2, 0.25) is 5.91 Å². The second-order valence-electron chi connectivity index (χ2n) is 7.32. The van der Waals surface area contributed by atoms with Crippen LogP contribution in [0.2, 0.25) is 0 Å². The third-order valence-corrected chi connectivity index (χ3v) is 5.03. The lowest BCUT2D eigenvalue weighted by atomic mass is 9.88. The first kappa shape index (κ1) is 22.2. The van der Waals surface area contributed by atoms with E-state index in [1.807, 2.05) is 54.6 Å². The van der Waals surface area contributed by atoms with Gasteiger partial charge in [-0.15, -0.1) is 0 Å². The molecule has 1 saturated heterocycles. The molecular weight excluding hydrogens is 393 g/mol. The van der Waals surface area contributed by atoms with Gasteiger partial charge in [0.15, 0.2) is 6.23 Å². The van der Waals surface area contributed by atoms with Gasteiger partial charge < -0.3 is 4.74 Å². The molecule has 5 heteroatoms. The second-order valence-corrected chi connectivity index (χ2v) is 7.32. The normalized spacial score (nSPS) is 17.2. The van der Waals surface area contributed by atoms with Crippen molar-refractivity contribution in [3.05, 3.63) is 102 Å². The van der Waals surface area contributed by atoms with Crippen molar-refractivity contribution >= 4 is 17.6 Å². The standard InChI is InChI=1S/C20H20FNO3.C6H6/c1-14(23)25-20-18(9-5-8-15-6-3-2-4-7-15)19(24)22(20)17-12-10-16(21)11-13-17;1-2-4-6-5-3-1/h2-4,6-7,10-13,18,20H,5,8-9H2,1H3;1-6H. The number of carbonyl (C=O) groups excluding carboxylic acids is 2. The highest BCUT2D eigenvalue weighted by molar-refractivity contribution is 6.02. The number of rotatable bonds is 6. The number of benzene rings is 3. The van der Waals surface area contributed by atoms with Crippen LogP contribution in [0.4, 0.5) is 10.1 Å². The van der Waals surface area contributed by atoms with Gasteiger partial charge in [-0.25, -0.2) is 4.39 Å². The molecule has 1 fully saturated rings. The molecule has 4 nitrogen and oxygen atoms in total. The molecule has 4 rings (SSSR count). The van der Waals surface area contributed by atoms with Crippen molar-refractivity contribution in [2.75, 3.05) is 4.90 Å². The van der Waals surface area contributed by atoms with Crippen LogP contribution in [-0.2, 0) is 20.7 Å². The molecule has 1 amide bonds. The van der Waals surface area contributed by atoms with Gasteiger partial charge in [0.05, 0.1) is 5.92 Å². The number of hydrogen-bond donors (Lipinski definition) is 0. The van der Waals surface area contributed by atoms with Gasteiger partial charge in [-0.1, -0.05) is 66.7 Å². The number of esters is 1. The molecule has 2 atom stereocenters. The zero-order chi connectivity index (χ0) is 22.1. The Morgan fingerprint density at radius 1 is 0.903 bits per heavy atom. The molecule has 1 heterocycles. The summed E-state index contributed by atoms with van der Waals surface area (Å²) in [5, 5.41) is 0. The molecule has 0 saturated carbocycles. The minimum absolute atomic E-state index is 0.0917. The minimum Gasteiger partial charge on any atom is -0.440 e. The average molecular weight is 419 g/mol. The summed E-state index contributed by atoms with van der Waals surface area (Å²) in [5.74, 6) is -1.25. The maximum absolute atomic E-state index is 13.1. The molecule has 0 bridgehead atoms. The molecule has 160 valence electrons. The Morgan fingerprint density at radius 3 is 2.00 bits per heavy atom. The fraction of sp³-hybridized carbons (Fsp3) is 0.231. The number of carbonyl (C=O) groups is 2. The van der Waals surface area contributed by atoms with E-state index in [1.54, 1.807) is 0 Å². The number of halogens is 1. The highest BCUT2D eigenvalue weighted by atomic mass is 19.1. The zero-order valence-corrected chi connectivity index (χ0v) is 17.5. The monoisotopic (exact) mass is 419 g/mol. The lowest BCUT2D eigenvalue weighted by molar-refractivity contribution is -0.161. The van der Waals surface area contributed by atoms with Crippen molar-refractivity contribution in [3.8, 4) is 0 Å². The van der Waals surface area contributed by atoms with E-state index >= 15 is 0 Å². The Balaban J connectivity index is 0.000000391. The molecule has 1 aliphatic rings. The molecule has 0 spiro atoms. The average Bonchev–Trinajstić information content (AvgIpc) is 2.80. The van der Waals surface area contributed by atoms with Gasteiger partial charge in [-0.2, -0.15) is 0 Å². The minimum atomic E-state index is -0.619. The summed E-state index contributed by atoms with van der Waals surface area (Å²) in [5.41, 5.74) is 1.76. The summed E-state index contributed by atoms with van der Waals surface area (Å²) in [4.78, 5) is 25.4. The van der Waals surface area contributed by atoms with E-state index in [0.717, 1.165) is 12.8 Å². The fourth-order valence-electron chi connectivity index (χ4n) is 3.53. The molecule has 1 aliphatic heterocycles. The van der Waals surface area contributed by atoms with Gasteiger partial charge >= 0.3 is 5.97 Å². The largest absolute Gasteiger partial charge is 0.440 e. The third-order valence-electron chi connectivity index (χ3n) is 5.03. The predicted octanol–water partition coefficient (Wildman–Crippen LogP) is 5.39. The third kappa shape index (κ3) is 6.25. The van der Waals surface area contributed by atoms with Gasteiger partial charge in [-0.05, 0) is 49.1 Å². The van der Waals surface area contributed by atoms with Crippen LogP contribution in [0.25, 0.3) is 0 Å². The molecule has 31 heavy (non-hydrogen) atoms. The van der Waals surface area contributed by atoms with Crippen LogP contribution in [0.15, 0.2) is 91.0 Å². The van der Waals surface area contributed by atoms with Crippen molar-refractivity contribution in [2.45, 2.75) is 32.4 Å². The van der Waals surface area contributed by atoms with E-state index in [0.29, 0.717) is 12.1 Å². The highest BCUT2D eigenvalue weighted by Crippen LogP contribution is 2.36. The Bertz CT molecular complexity index is 934. The van der Waals surface area contributed by atoms with Crippen LogP contribution >= 0.6 is 0 Å². The Hall–Kier alpha value is -3.47. The van der Waals surface area contributed by atoms with Gasteiger partial charge in [0.1, 0.15) is 5.82 Å². The SMILES string of the molecule is CC(=O)OC1C(CCCc2ccccc2)C(=O)N1c1ccc(F)cc1.c1ccccc1. The Morgan fingerprint density at radius 2 is 1.45 bits per heavy atom. The van der Waals surface area contributed by atoms with E-state index in [1.165, 1.54) is 41.7 Å². The molecule has 0 aliphatic carbocycles. The highest BCUT2D eigenvalue weighted by Gasteiger charge is 2.49. The lowest BCUT2D eigenvalue weighted by Crippen LogP contribution is -2.63. The van der Waals surface area contributed by atoms with E-state index in [4.69, 9.17) is 4.74 Å². The van der Waals surface area contributed by atoms with Crippen LogP contribution in [-0.4, -0.2) is 18.1 Å². The number of aryl methyl sites for hydroxylation is 1. The smallest absolute Gasteiger partial charge is 0.304 e. The maximum atomic E-state index is 13.1. The molecule has 3 aromatic rings. The summed E-state index contributed by atoms with van der Waals surface area (Å²) in [7, 11) is 0. The summed E-state index contributed by atoms with van der Waals surface area (Å²) >= 11 is 0. The molecular formula is C26H26FNO3. The summed E-state index contributed by atoms with van der Waals surface area (Å²) < 4.78 is 18.4. The number of β-lactam (4-membered cyclic amide) rings is 1. The predicted molar refractivity (Wildman–Crippen MR) is 119 cm³/mol. The number of nitrogens with zero attached hydrogens (tertiary/aromatic N) is 1. The Labute approximate surface area is 182 Å². The maximum Gasteiger partial charge on any atom is 0.304 e. The van der Waals surface area contributed by atoms with Crippen LogP contribution in [0.5, 0.6) is 0 Å². The Kier molecular flexibility index (Phi) is 7.93. The van der Waals surface area contributed by atoms with Gasteiger partial charge in [-0.3, -0.25) is 14.5 Å². The molecule has 0 aromatic heterocycles. The van der Waals surface area contributed by atoms with Gasteiger partial charge in [0, 0.05) is 12.6 Å². The van der Waals surface area contributed by atoms with Crippen molar-refractivity contribution in [3.63, 3.8) is 0 Å². The number of hydrogen-bond acceptors (Lipinski definition) is 3. The van der Waals surface area contributed by atoms with E-state index in [9.17, 15) is 14.0 Å². The van der Waals surface area contributed by atoms with Gasteiger partial charge in [0.25, 0.3) is 0 Å². The lowest BCUT2D eigenvalue weighted by Gasteiger charge is -2.45. The first-order chi connectivity index (χ1) is 15.1. The second kappa shape index (κ2) is 11.1. The quantitative estimate of drug-likeness (QED) is 0.398.